The fourth-order valence-corrected chi connectivity index (χ4v) is 3.01. The molecular formula is C14H16N2O4. The van der Waals surface area contributed by atoms with Crippen LogP contribution in [-0.4, -0.2) is 52.2 Å². The number of hydrogen-bond acceptors (Lipinski definition) is 4. The summed E-state index contributed by atoms with van der Waals surface area (Å²) >= 11 is 0. The van der Waals surface area contributed by atoms with Crippen molar-refractivity contribution in [3.63, 3.8) is 0 Å². The van der Waals surface area contributed by atoms with Gasteiger partial charge < -0.3 is 14.7 Å². The van der Waals surface area contributed by atoms with Crippen molar-refractivity contribution in [3.8, 4) is 0 Å². The highest BCUT2D eigenvalue weighted by molar-refractivity contribution is 5.96. The van der Waals surface area contributed by atoms with E-state index in [9.17, 15) is 9.59 Å². The highest BCUT2D eigenvalue weighted by atomic mass is 16.5. The van der Waals surface area contributed by atoms with E-state index in [2.05, 4.69) is 4.98 Å². The third kappa shape index (κ3) is 2.27. The molecule has 0 radical (unpaired) electrons. The van der Waals surface area contributed by atoms with E-state index in [1.54, 1.807) is 4.90 Å². The van der Waals surface area contributed by atoms with E-state index in [0.717, 1.165) is 19.3 Å². The molecule has 1 saturated carbocycles. The lowest BCUT2D eigenvalue weighted by Gasteiger charge is -2.37. The molecule has 0 spiro atoms. The number of amides is 1. The lowest BCUT2D eigenvalue weighted by atomic mass is 10.1. The summed E-state index contributed by atoms with van der Waals surface area (Å²) in [4.78, 5) is 29.3. The number of aromatic nitrogens is 1. The molecule has 0 bridgehead atoms. The summed E-state index contributed by atoms with van der Waals surface area (Å²) in [6.45, 7) is 1.07. The molecule has 2 heterocycles. The topological polar surface area (TPSA) is 79.7 Å². The number of carbonyl (C=O) groups excluding carboxylic acids is 1. The standard InChI is InChI=1S/C14H16N2O4/c17-13(10-8-9(14(18)19)4-5-15-10)16-6-7-20-12-3-1-2-11(12)16/h4-5,8,11-12H,1-3,6-7H2,(H,18,19). The molecule has 6 heteroatoms. The smallest absolute Gasteiger partial charge is 0.335 e. The zero-order valence-corrected chi connectivity index (χ0v) is 11.0. The van der Waals surface area contributed by atoms with E-state index in [1.165, 1.54) is 18.3 Å². The molecule has 6 nitrogen and oxygen atoms in total. The summed E-state index contributed by atoms with van der Waals surface area (Å²) < 4.78 is 5.67. The minimum atomic E-state index is -1.05. The van der Waals surface area contributed by atoms with Gasteiger partial charge in [-0.3, -0.25) is 9.78 Å². The molecule has 1 N–H and O–H groups in total. The largest absolute Gasteiger partial charge is 0.478 e. The summed E-state index contributed by atoms with van der Waals surface area (Å²) in [5.74, 6) is -1.25. The van der Waals surface area contributed by atoms with Gasteiger partial charge in [-0.05, 0) is 31.4 Å². The number of morpholine rings is 1. The van der Waals surface area contributed by atoms with Gasteiger partial charge in [-0.15, -0.1) is 0 Å². The van der Waals surface area contributed by atoms with Crippen molar-refractivity contribution in [2.24, 2.45) is 0 Å². The lowest BCUT2D eigenvalue weighted by molar-refractivity contribution is -0.0447. The second-order valence-electron chi connectivity index (χ2n) is 5.14. The Labute approximate surface area is 116 Å². The van der Waals surface area contributed by atoms with Gasteiger partial charge in [0.25, 0.3) is 5.91 Å². The Hall–Kier alpha value is -1.95. The quantitative estimate of drug-likeness (QED) is 0.877. The summed E-state index contributed by atoms with van der Waals surface area (Å²) in [5, 5.41) is 8.98. The molecule has 2 atom stereocenters. The van der Waals surface area contributed by atoms with Crippen LogP contribution in [0.4, 0.5) is 0 Å². The second-order valence-corrected chi connectivity index (χ2v) is 5.14. The number of fused-ring (bicyclic) bond motifs is 1. The fraction of sp³-hybridized carbons (Fsp3) is 0.500. The van der Waals surface area contributed by atoms with Gasteiger partial charge in [-0.1, -0.05) is 0 Å². The number of ether oxygens (including phenoxy) is 1. The van der Waals surface area contributed by atoms with Crippen LogP contribution in [0.1, 0.15) is 40.1 Å². The minimum absolute atomic E-state index is 0.0829. The lowest BCUT2D eigenvalue weighted by Crippen LogP contribution is -2.51. The van der Waals surface area contributed by atoms with Crippen molar-refractivity contribution < 1.29 is 19.4 Å². The third-order valence-electron chi connectivity index (χ3n) is 3.97. The first-order valence-corrected chi connectivity index (χ1v) is 6.79. The zero-order valence-electron chi connectivity index (χ0n) is 11.0. The Bertz CT molecular complexity index is 546. The molecule has 1 aromatic rings. The van der Waals surface area contributed by atoms with Crippen LogP contribution in [0.3, 0.4) is 0 Å². The molecule has 106 valence electrons. The number of aromatic carboxylic acids is 1. The highest BCUT2D eigenvalue weighted by Crippen LogP contribution is 2.30. The summed E-state index contributed by atoms with van der Waals surface area (Å²) in [5.41, 5.74) is 0.275. The van der Waals surface area contributed by atoms with E-state index in [0.29, 0.717) is 13.2 Å². The first kappa shape index (κ1) is 13.1. The van der Waals surface area contributed by atoms with E-state index in [1.807, 2.05) is 0 Å². The number of hydrogen-bond donors (Lipinski definition) is 1. The highest BCUT2D eigenvalue weighted by Gasteiger charge is 2.39. The molecule has 0 aromatic carbocycles. The molecule has 2 aliphatic rings. The van der Waals surface area contributed by atoms with E-state index >= 15 is 0 Å². The number of pyridine rings is 1. The monoisotopic (exact) mass is 276 g/mol. The van der Waals surface area contributed by atoms with Crippen LogP contribution in [0.25, 0.3) is 0 Å². The summed E-state index contributed by atoms with van der Waals surface area (Å²) in [6, 6.07) is 2.83. The molecular weight excluding hydrogens is 260 g/mol. The van der Waals surface area contributed by atoms with Gasteiger partial charge in [0.2, 0.25) is 0 Å². The SMILES string of the molecule is O=C(O)c1ccnc(C(=O)N2CCOC3CCCC32)c1. The predicted octanol–water partition coefficient (Wildman–Crippen LogP) is 1.17. The number of carboxylic acid groups (broad SMARTS) is 1. The number of nitrogens with zero attached hydrogens (tertiary/aromatic N) is 2. The van der Waals surface area contributed by atoms with Crippen LogP contribution >= 0.6 is 0 Å². The van der Waals surface area contributed by atoms with Crippen LogP contribution in [-0.2, 0) is 4.74 Å². The molecule has 1 aromatic heterocycles. The molecule has 20 heavy (non-hydrogen) atoms. The molecule has 1 amide bonds. The molecule has 2 unspecified atom stereocenters. The molecule has 1 saturated heterocycles. The number of rotatable bonds is 2. The van der Waals surface area contributed by atoms with Crippen molar-refractivity contribution in [2.45, 2.75) is 31.4 Å². The zero-order chi connectivity index (χ0) is 14.1. The maximum Gasteiger partial charge on any atom is 0.335 e. The van der Waals surface area contributed by atoms with Crippen LogP contribution < -0.4 is 0 Å². The number of carboxylic acids is 1. The van der Waals surface area contributed by atoms with Gasteiger partial charge in [0, 0.05) is 12.7 Å². The predicted molar refractivity (Wildman–Crippen MR) is 69.6 cm³/mol. The first-order chi connectivity index (χ1) is 9.66. The maximum absolute atomic E-state index is 12.5. The second kappa shape index (κ2) is 5.20. The Morgan fingerprint density at radius 1 is 1.40 bits per heavy atom. The van der Waals surface area contributed by atoms with Gasteiger partial charge in [0.05, 0.1) is 24.3 Å². The van der Waals surface area contributed by atoms with Gasteiger partial charge in [-0.25, -0.2) is 4.79 Å². The fourth-order valence-electron chi connectivity index (χ4n) is 3.01. The van der Waals surface area contributed by atoms with E-state index in [4.69, 9.17) is 9.84 Å². The Kier molecular flexibility index (Phi) is 3.40. The molecule has 2 fully saturated rings. The van der Waals surface area contributed by atoms with Crippen molar-refractivity contribution in [1.29, 1.82) is 0 Å². The van der Waals surface area contributed by atoms with Crippen molar-refractivity contribution in [2.75, 3.05) is 13.2 Å². The van der Waals surface area contributed by atoms with E-state index in [-0.39, 0.29) is 29.3 Å². The Morgan fingerprint density at radius 2 is 2.25 bits per heavy atom. The average Bonchev–Trinajstić information content (AvgIpc) is 2.95. The van der Waals surface area contributed by atoms with Crippen LogP contribution in [0.2, 0.25) is 0 Å². The number of carbonyl (C=O) groups is 2. The normalized spacial score (nSPS) is 25.3. The van der Waals surface area contributed by atoms with Crippen molar-refractivity contribution in [1.82, 2.24) is 9.88 Å². The Morgan fingerprint density at radius 3 is 3.05 bits per heavy atom. The molecule has 1 aliphatic heterocycles. The van der Waals surface area contributed by atoms with E-state index < -0.39 is 5.97 Å². The minimum Gasteiger partial charge on any atom is -0.478 e. The van der Waals surface area contributed by atoms with Crippen LogP contribution in [0.15, 0.2) is 18.3 Å². The average molecular weight is 276 g/mol. The van der Waals surface area contributed by atoms with Crippen molar-refractivity contribution in [3.05, 3.63) is 29.6 Å². The van der Waals surface area contributed by atoms with Gasteiger partial charge >= 0.3 is 5.97 Å². The van der Waals surface area contributed by atoms with Gasteiger partial charge in [0.15, 0.2) is 0 Å². The van der Waals surface area contributed by atoms with Crippen LogP contribution in [0, 0.1) is 0 Å². The third-order valence-corrected chi connectivity index (χ3v) is 3.97. The Balaban J connectivity index is 1.84. The molecule has 1 aliphatic carbocycles. The maximum atomic E-state index is 12.5. The van der Waals surface area contributed by atoms with Gasteiger partial charge in [0.1, 0.15) is 5.69 Å². The first-order valence-electron chi connectivity index (χ1n) is 6.79. The van der Waals surface area contributed by atoms with Crippen LogP contribution in [0.5, 0.6) is 0 Å². The summed E-state index contributed by atoms with van der Waals surface area (Å²) in [7, 11) is 0. The van der Waals surface area contributed by atoms with Gasteiger partial charge in [-0.2, -0.15) is 0 Å². The summed E-state index contributed by atoms with van der Waals surface area (Å²) in [6.07, 6.45) is 4.46. The molecule has 3 rings (SSSR count). The van der Waals surface area contributed by atoms with Crippen molar-refractivity contribution >= 4 is 11.9 Å².